The van der Waals surface area contributed by atoms with Crippen molar-refractivity contribution >= 4 is 15.8 Å². The van der Waals surface area contributed by atoms with Crippen LogP contribution >= 0.6 is 0 Å². The number of hydrogen-bond acceptors (Lipinski definition) is 6. The molecule has 0 amide bonds. The van der Waals surface area contributed by atoms with Crippen LogP contribution in [0.3, 0.4) is 0 Å². The van der Waals surface area contributed by atoms with E-state index in [9.17, 15) is 17.6 Å². The lowest BCUT2D eigenvalue weighted by atomic mass is 9.38. The quantitative estimate of drug-likeness (QED) is 0.140. The van der Waals surface area contributed by atoms with Crippen molar-refractivity contribution in [2.24, 2.45) is 51.2 Å². The number of hydrogen-bond donors (Lipinski definition) is 1. The van der Waals surface area contributed by atoms with E-state index in [2.05, 4.69) is 70.5 Å². The van der Waals surface area contributed by atoms with Gasteiger partial charge in [0.05, 0.1) is 10.7 Å². The molecule has 1 aromatic carbocycles. The molecule has 0 radical (unpaired) electrons. The predicted octanol–water partition coefficient (Wildman–Crippen LogP) is 11.6. The lowest BCUT2D eigenvalue weighted by molar-refractivity contribution is -0.176. The Morgan fingerprint density at radius 2 is 1.74 bits per heavy atom. The third-order valence-electron chi connectivity index (χ3n) is 18.8. The Bertz CT molecular complexity index is 1900. The molecule has 1 aromatic rings. The smallest absolute Gasteiger partial charge is 0.315 e. The summed E-state index contributed by atoms with van der Waals surface area (Å²) in [4.78, 5) is 15.9. The Morgan fingerprint density at radius 1 is 1.00 bits per heavy atom. The van der Waals surface area contributed by atoms with Crippen LogP contribution in [-0.4, -0.2) is 69.2 Å². The van der Waals surface area contributed by atoms with Crippen LogP contribution in [0.25, 0.3) is 0 Å². The lowest BCUT2D eigenvalue weighted by Gasteiger charge is -2.68. The molecule has 340 valence electrons. The molecule has 0 unspecified atom stereocenters. The Morgan fingerprint density at radius 3 is 2.38 bits per heavy atom. The molecule has 6 aliphatic rings. The highest BCUT2D eigenvalue weighted by molar-refractivity contribution is 7.91. The van der Waals surface area contributed by atoms with E-state index in [1.807, 2.05) is 30.3 Å². The highest BCUT2D eigenvalue weighted by Gasteiger charge is 2.67. The molecule has 7 rings (SSSR count). The molecule has 4 saturated carbocycles. The molecule has 5 fully saturated rings. The lowest BCUT2D eigenvalue weighted by Crippen LogP contribution is -2.65. The first kappa shape index (κ1) is 46.7. The third-order valence-corrected chi connectivity index (χ3v) is 20.5. The van der Waals surface area contributed by atoms with E-state index in [4.69, 9.17) is 4.74 Å². The van der Waals surface area contributed by atoms with E-state index in [1.165, 1.54) is 80.8 Å². The number of nitrogens with one attached hydrogen (secondary N) is 1. The standard InChI is InChI=1S/C53H81FN2O4S/c1-9-10-16-45(40-19-26-52(37-54,27-20-40)48(57)60-36-39-14-12-11-13-15-39)49(4,5)41-21-25-50(6)42(35-41)17-18-46-47-44(38(2)3)22-28-53(47,30-29-51(46,50)7)55-31-34-56-32-23-43(24-33-56)61(8,58)59/h11-16,19,41-44,46-47,55H,2,9-10,17-18,20-37H2,1,3-8H3/b45-16-/t41-,42-,44+,46-,47-,50-,51-,52-,53+/m1/s1. The zero-order chi connectivity index (χ0) is 43.8. The molecule has 1 saturated heterocycles. The zero-order valence-electron chi connectivity index (χ0n) is 39.1. The number of carbonyl (C=O) groups excluding carboxylic acids is 1. The number of halogens is 1. The van der Waals surface area contributed by atoms with E-state index in [0.29, 0.717) is 54.3 Å². The minimum absolute atomic E-state index is 0.0220. The van der Waals surface area contributed by atoms with Gasteiger partial charge in [0.1, 0.15) is 23.1 Å². The fourth-order valence-electron chi connectivity index (χ4n) is 14.6. The molecule has 1 aliphatic heterocycles. The van der Waals surface area contributed by atoms with Gasteiger partial charge < -0.3 is 15.0 Å². The Balaban J connectivity index is 1.04. The largest absolute Gasteiger partial charge is 0.460 e. The van der Waals surface area contributed by atoms with Crippen LogP contribution in [0.1, 0.15) is 150 Å². The zero-order valence-corrected chi connectivity index (χ0v) is 40.0. The number of carbonyl (C=O) groups is 1. The maximum atomic E-state index is 14.9. The highest BCUT2D eigenvalue weighted by atomic mass is 32.2. The predicted molar refractivity (Wildman–Crippen MR) is 248 cm³/mol. The van der Waals surface area contributed by atoms with Gasteiger partial charge in [0, 0.05) is 24.9 Å². The fourth-order valence-corrected chi connectivity index (χ4v) is 15.6. The second-order valence-electron chi connectivity index (χ2n) is 22.2. The minimum Gasteiger partial charge on any atom is -0.460 e. The molecule has 0 spiro atoms. The third kappa shape index (κ3) is 8.92. The number of allylic oxidation sites excluding steroid dienone is 5. The van der Waals surface area contributed by atoms with Crippen molar-refractivity contribution in [1.82, 2.24) is 10.2 Å². The van der Waals surface area contributed by atoms with Gasteiger partial charge in [-0.25, -0.2) is 12.8 Å². The van der Waals surface area contributed by atoms with Crippen molar-refractivity contribution < 1.29 is 22.3 Å². The van der Waals surface area contributed by atoms with E-state index in [-0.39, 0.29) is 28.2 Å². The summed E-state index contributed by atoms with van der Waals surface area (Å²) in [6, 6.07) is 9.68. The number of sulfone groups is 1. The van der Waals surface area contributed by atoms with Gasteiger partial charge in [0.15, 0.2) is 0 Å². The molecular weight excluding hydrogens is 780 g/mol. The van der Waals surface area contributed by atoms with Crippen molar-refractivity contribution in [3.63, 3.8) is 0 Å². The summed E-state index contributed by atoms with van der Waals surface area (Å²) in [6.07, 6.45) is 22.7. The summed E-state index contributed by atoms with van der Waals surface area (Å²) in [5.74, 6) is 2.71. The Hall–Kier alpha value is -2.29. The minimum atomic E-state index is -2.96. The number of alkyl halides is 1. The number of fused-ring (bicyclic) bond motifs is 5. The summed E-state index contributed by atoms with van der Waals surface area (Å²) >= 11 is 0. The number of benzene rings is 1. The second-order valence-corrected chi connectivity index (χ2v) is 24.5. The molecule has 0 bridgehead atoms. The number of esters is 1. The van der Waals surface area contributed by atoms with Crippen molar-refractivity contribution in [3.8, 4) is 0 Å². The maximum Gasteiger partial charge on any atom is 0.315 e. The van der Waals surface area contributed by atoms with Crippen molar-refractivity contribution in [3.05, 3.63) is 71.3 Å². The van der Waals surface area contributed by atoms with E-state index in [1.54, 1.807) is 0 Å². The molecule has 6 nitrogen and oxygen atoms in total. The van der Waals surface area contributed by atoms with Crippen LogP contribution in [0.15, 0.2) is 65.8 Å². The summed E-state index contributed by atoms with van der Waals surface area (Å²) in [7, 11) is -2.96. The van der Waals surface area contributed by atoms with Gasteiger partial charge in [-0.2, -0.15) is 0 Å². The summed E-state index contributed by atoms with van der Waals surface area (Å²) in [5.41, 5.74) is 4.66. The molecule has 5 aliphatic carbocycles. The van der Waals surface area contributed by atoms with Crippen LogP contribution in [0, 0.1) is 51.2 Å². The number of nitrogens with zero attached hydrogens (tertiary/aromatic N) is 1. The molecule has 9 atom stereocenters. The molecular formula is C53H81FN2O4S. The molecule has 1 heterocycles. The molecule has 61 heavy (non-hydrogen) atoms. The monoisotopic (exact) mass is 861 g/mol. The van der Waals surface area contributed by atoms with Gasteiger partial charge in [0.2, 0.25) is 0 Å². The van der Waals surface area contributed by atoms with Crippen molar-refractivity contribution in [2.45, 2.75) is 162 Å². The van der Waals surface area contributed by atoms with Crippen LogP contribution in [0.2, 0.25) is 0 Å². The van der Waals surface area contributed by atoms with Crippen LogP contribution in [0.5, 0.6) is 0 Å². The van der Waals surface area contributed by atoms with Gasteiger partial charge in [0.25, 0.3) is 0 Å². The maximum absolute atomic E-state index is 14.9. The number of likely N-dealkylation sites (tertiary alicyclic amines) is 1. The summed E-state index contributed by atoms with van der Waals surface area (Å²) < 4.78 is 45.0. The molecule has 1 N–H and O–H groups in total. The fraction of sp³-hybridized carbons (Fsp3) is 0.755. The second kappa shape index (κ2) is 18.3. The SMILES string of the molecule is C=C(C)[C@@H]1CC[C@]2(NCCN3CCC(S(C)(=O)=O)CC3)CC[C@]3(C)[C@H](CC[C@@H]4C[C@H](C(C)(C)/C(=C\CCC)C5=CC[C@@](CF)(C(=O)OCc6ccccc6)CC5)CC[C@]43C)[C@@H]12. The van der Waals surface area contributed by atoms with Crippen LogP contribution in [-0.2, 0) is 26.0 Å². The van der Waals surface area contributed by atoms with Gasteiger partial charge in [-0.15, -0.1) is 0 Å². The van der Waals surface area contributed by atoms with E-state index < -0.39 is 27.9 Å². The van der Waals surface area contributed by atoms with Gasteiger partial charge >= 0.3 is 5.97 Å². The van der Waals surface area contributed by atoms with Crippen molar-refractivity contribution in [2.75, 3.05) is 39.1 Å². The summed E-state index contributed by atoms with van der Waals surface area (Å²) in [6.45, 7) is 22.8. The first-order valence-corrected chi connectivity index (χ1v) is 26.4. The average molecular weight is 861 g/mol. The van der Waals surface area contributed by atoms with Gasteiger partial charge in [-0.1, -0.05) is 95.7 Å². The van der Waals surface area contributed by atoms with E-state index >= 15 is 0 Å². The molecule has 0 aromatic heterocycles. The number of unbranched alkanes of at least 4 members (excludes halogenated alkanes) is 1. The first-order chi connectivity index (χ1) is 28.9. The van der Waals surface area contributed by atoms with Crippen molar-refractivity contribution in [1.29, 1.82) is 0 Å². The highest BCUT2D eigenvalue weighted by Crippen LogP contribution is 2.72. The topological polar surface area (TPSA) is 75.7 Å². The number of piperidine rings is 1. The number of rotatable bonds is 15. The van der Waals surface area contributed by atoms with E-state index in [0.717, 1.165) is 57.4 Å². The van der Waals surface area contributed by atoms with Gasteiger partial charge in [-0.3, -0.25) is 4.79 Å². The van der Waals surface area contributed by atoms with Crippen LogP contribution in [0.4, 0.5) is 4.39 Å². The van der Waals surface area contributed by atoms with Crippen LogP contribution < -0.4 is 5.32 Å². The number of ether oxygens (including phenoxy) is 1. The summed E-state index contributed by atoms with van der Waals surface area (Å²) in [5, 5.41) is 4.08. The molecule has 8 heteroatoms. The Kier molecular flexibility index (Phi) is 14.0. The normalized spacial score (nSPS) is 36.4. The van der Waals surface area contributed by atoms with Gasteiger partial charge in [-0.05, 0) is 179 Å². The average Bonchev–Trinajstić information content (AvgIpc) is 3.63. The Labute approximate surface area is 370 Å². The first-order valence-electron chi connectivity index (χ1n) is 24.4.